The zero-order chi connectivity index (χ0) is 40.9. The van der Waals surface area contributed by atoms with Crippen LogP contribution in [-0.2, 0) is 33.1 Å². The van der Waals surface area contributed by atoms with Gasteiger partial charge in [0.1, 0.15) is 43.1 Å². The topological polar surface area (TPSA) is 291 Å². The molecule has 6 rings (SSSR count). The summed E-state index contributed by atoms with van der Waals surface area (Å²) in [6, 6.07) is 22.6. The van der Waals surface area contributed by atoms with E-state index in [2.05, 4.69) is 20.5 Å². The number of aromatic hydroxyl groups is 2. The van der Waals surface area contributed by atoms with Gasteiger partial charge < -0.3 is 19.3 Å². The van der Waals surface area contributed by atoms with Crippen LogP contribution in [0.4, 0.5) is 34.1 Å². The molecule has 0 bridgehead atoms. The number of aryl methyl sites for hydroxylation is 2. The van der Waals surface area contributed by atoms with Gasteiger partial charge in [0, 0.05) is 45.8 Å². The molecule has 0 fully saturated rings. The Morgan fingerprint density at radius 2 is 0.842 bits per heavy atom. The van der Waals surface area contributed by atoms with E-state index in [1.54, 1.807) is 38.1 Å². The van der Waals surface area contributed by atoms with E-state index in [-0.39, 0.29) is 105 Å². The molecule has 6 aromatic rings. The molecule has 0 heterocycles. The smallest absolute Gasteiger partial charge is 0.744 e. The SMILES string of the molecule is CCc1cccc([N+](=O)[O-])c1N=Nc1c(O)cc(S(=O)(=O)[O-])c2ccccc12.CCc1cccc([N+](=O)[O-])c1N=Nc1c(O)cc(S(=O)(=O)[O-])c2ccccc12.[Ba+2]. The zero-order valence-electron chi connectivity index (χ0n) is 29.8. The first-order chi connectivity index (χ1) is 26.5. The van der Waals surface area contributed by atoms with Gasteiger partial charge >= 0.3 is 48.9 Å². The molecule has 2 N–H and O–H groups in total. The number of hydrogen-bond donors (Lipinski definition) is 2. The molecule has 0 aliphatic heterocycles. The minimum atomic E-state index is -4.84. The average molecular weight is 938 g/mol. The van der Waals surface area contributed by atoms with Crippen LogP contribution < -0.4 is 0 Å². The predicted octanol–water partition coefficient (Wildman–Crippen LogP) is 8.29. The van der Waals surface area contributed by atoms with Gasteiger partial charge in [-0.1, -0.05) is 86.6 Å². The van der Waals surface area contributed by atoms with Crippen LogP contribution in [0.15, 0.2) is 127 Å². The number of azo groups is 2. The van der Waals surface area contributed by atoms with Gasteiger partial charge in [0.25, 0.3) is 11.4 Å². The molecule has 0 radical (unpaired) electrons. The fourth-order valence-electron chi connectivity index (χ4n) is 5.70. The average Bonchev–Trinajstić information content (AvgIpc) is 3.15. The van der Waals surface area contributed by atoms with Gasteiger partial charge in [-0.05, 0) is 24.0 Å². The number of hydrogen-bond acceptors (Lipinski definition) is 16. The second-order valence-corrected chi connectivity index (χ2v) is 14.4. The molecule has 0 saturated carbocycles. The third-order valence-electron chi connectivity index (χ3n) is 8.31. The van der Waals surface area contributed by atoms with Crippen LogP contribution in [0.25, 0.3) is 21.5 Å². The Bertz CT molecular complexity index is 2640. The summed E-state index contributed by atoms with van der Waals surface area (Å²) < 4.78 is 69.0. The fraction of sp³-hybridized carbons (Fsp3) is 0.111. The first-order valence-corrected chi connectivity index (χ1v) is 19.1. The van der Waals surface area contributed by atoms with E-state index in [1.165, 1.54) is 60.7 Å². The van der Waals surface area contributed by atoms with E-state index < -0.39 is 51.4 Å². The first kappa shape index (κ1) is 44.5. The molecule has 0 saturated heterocycles. The van der Waals surface area contributed by atoms with Gasteiger partial charge in [-0.15, -0.1) is 20.5 Å². The fourth-order valence-corrected chi connectivity index (χ4v) is 7.11. The summed E-state index contributed by atoms with van der Waals surface area (Å²) >= 11 is 0. The summed E-state index contributed by atoms with van der Waals surface area (Å²) in [5, 5.41) is 59.4. The number of nitro groups is 2. The normalized spacial score (nSPS) is 11.7. The molecule has 0 aliphatic carbocycles. The van der Waals surface area contributed by atoms with E-state index in [9.17, 15) is 56.4 Å². The Labute approximate surface area is 364 Å². The van der Waals surface area contributed by atoms with Crippen LogP contribution in [-0.4, -0.2) is 94.9 Å². The summed E-state index contributed by atoms with van der Waals surface area (Å²) in [6.07, 6.45) is 0.937. The summed E-state index contributed by atoms with van der Waals surface area (Å²) in [6.45, 7) is 3.61. The maximum Gasteiger partial charge on any atom is 2.00 e. The minimum Gasteiger partial charge on any atom is -0.744 e. The second kappa shape index (κ2) is 18.4. The molecule has 0 atom stereocenters. The van der Waals surface area contributed by atoms with Gasteiger partial charge in [0.2, 0.25) is 0 Å². The van der Waals surface area contributed by atoms with E-state index in [0.717, 1.165) is 12.1 Å². The molecule has 21 heteroatoms. The molecule has 288 valence electrons. The molecule has 0 aromatic heterocycles. The van der Waals surface area contributed by atoms with E-state index >= 15 is 0 Å². The Morgan fingerprint density at radius 1 is 0.526 bits per heavy atom. The zero-order valence-corrected chi connectivity index (χ0v) is 35.9. The Balaban J connectivity index is 0.000000248. The Morgan fingerprint density at radius 3 is 1.14 bits per heavy atom. The quantitative estimate of drug-likeness (QED) is 0.0431. The summed E-state index contributed by atoms with van der Waals surface area (Å²) in [5.41, 5.74) is 0.571. The van der Waals surface area contributed by atoms with Crippen molar-refractivity contribution in [3.05, 3.63) is 128 Å². The number of phenolic OH excluding ortho intramolecular Hbond substituents is 2. The standard InChI is InChI=1S/2C18H15N3O6S.Ba/c2*1-2-11-6-5-9-14(21(23)24)17(11)19-20-18-13-8-4-3-7-12(13)16(10-15(18)22)28(25,26)27;/h2*3-10,22H,2H2,1H3,(H,25,26,27);/q;;+2/p-2. The first-order valence-electron chi connectivity index (χ1n) is 16.2. The van der Waals surface area contributed by atoms with Gasteiger partial charge in [-0.3, -0.25) is 20.2 Å². The van der Waals surface area contributed by atoms with Crippen LogP contribution in [0.2, 0.25) is 0 Å². The van der Waals surface area contributed by atoms with Crippen molar-refractivity contribution in [1.29, 1.82) is 0 Å². The maximum absolute atomic E-state index is 11.5. The van der Waals surface area contributed by atoms with Crippen molar-refractivity contribution in [2.24, 2.45) is 20.5 Å². The molecule has 0 spiro atoms. The van der Waals surface area contributed by atoms with Crippen molar-refractivity contribution in [2.45, 2.75) is 36.5 Å². The maximum atomic E-state index is 11.5. The van der Waals surface area contributed by atoms with Gasteiger partial charge in [0.15, 0.2) is 11.4 Å². The largest absolute Gasteiger partial charge is 2.00 e. The molecule has 6 aromatic carbocycles. The number of nitro benzene ring substituents is 2. The third-order valence-corrected chi connectivity index (χ3v) is 10.1. The molecule has 0 unspecified atom stereocenters. The van der Waals surface area contributed by atoms with Crippen molar-refractivity contribution in [2.75, 3.05) is 0 Å². The van der Waals surface area contributed by atoms with Crippen LogP contribution in [0.5, 0.6) is 11.5 Å². The van der Waals surface area contributed by atoms with Crippen LogP contribution in [0, 0.1) is 20.2 Å². The van der Waals surface area contributed by atoms with Crippen LogP contribution in [0.1, 0.15) is 25.0 Å². The van der Waals surface area contributed by atoms with Crippen molar-refractivity contribution in [1.82, 2.24) is 0 Å². The van der Waals surface area contributed by atoms with E-state index in [1.807, 2.05) is 0 Å². The van der Waals surface area contributed by atoms with Crippen LogP contribution in [0.3, 0.4) is 0 Å². The Kier molecular flexibility index (Phi) is 14.4. The number of rotatable bonds is 10. The van der Waals surface area contributed by atoms with E-state index in [0.29, 0.717) is 24.0 Å². The van der Waals surface area contributed by atoms with Crippen LogP contribution >= 0.6 is 0 Å². The molecule has 0 aliphatic rings. The van der Waals surface area contributed by atoms with Crippen molar-refractivity contribution < 1.29 is 46.0 Å². The van der Waals surface area contributed by atoms with Crippen molar-refractivity contribution in [3.63, 3.8) is 0 Å². The second-order valence-electron chi connectivity index (χ2n) is 11.7. The molecule has 0 amide bonds. The van der Waals surface area contributed by atoms with Gasteiger partial charge in [-0.2, -0.15) is 0 Å². The third kappa shape index (κ3) is 9.87. The summed E-state index contributed by atoms with van der Waals surface area (Å²) in [4.78, 5) is 20.2. The van der Waals surface area contributed by atoms with E-state index in [4.69, 9.17) is 0 Å². The summed E-state index contributed by atoms with van der Waals surface area (Å²) in [5.74, 6) is -1.15. The molecular weight excluding hydrogens is 910 g/mol. The number of fused-ring (bicyclic) bond motifs is 2. The number of phenols is 2. The monoisotopic (exact) mass is 938 g/mol. The predicted molar refractivity (Wildman–Crippen MR) is 206 cm³/mol. The molecular formula is C36H28BaN6O12S2. The van der Waals surface area contributed by atoms with Crippen molar-refractivity contribution in [3.8, 4) is 11.5 Å². The molecule has 57 heavy (non-hydrogen) atoms. The summed E-state index contributed by atoms with van der Waals surface area (Å²) in [7, 11) is -9.67. The van der Waals surface area contributed by atoms with Gasteiger partial charge in [-0.25, -0.2) is 16.8 Å². The van der Waals surface area contributed by atoms with Gasteiger partial charge in [0.05, 0.1) is 19.6 Å². The van der Waals surface area contributed by atoms with Crippen molar-refractivity contribution >= 4 is 125 Å². The number of nitrogens with zero attached hydrogens (tertiary/aromatic N) is 6. The Hall–Kier alpha value is -5.17. The number of benzene rings is 6. The molecule has 18 nitrogen and oxygen atoms in total. The minimum absolute atomic E-state index is 0.